The van der Waals surface area contributed by atoms with E-state index in [1.165, 1.54) is 23.9 Å². The first-order chi connectivity index (χ1) is 16.4. The maximum Gasteiger partial charge on any atom is 0.271 e. The van der Waals surface area contributed by atoms with Crippen LogP contribution in [-0.2, 0) is 4.79 Å². The Labute approximate surface area is 205 Å². The van der Waals surface area contributed by atoms with E-state index in [1.807, 2.05) is 47.9 Å². The fourth-order valence-corrected chi connectivity index (χ4v) is 4.51. The second kappa shape index (κ2) is 10.1. The van der Waals surface area contributed by atoms with Gasteiger partial charge >= 0.3 is 0 Å². The zero-order chi connectivity index (χ0) is 24.2. The highest BCUT2D eigenvalue weighted by Gasteiger charge is 2.20. The van der Waals surface area contributed by atoms with Gasteiger partial charge in [-0.25, -0.2) is 4.98 Å². The fourth-order valence-electron chi connectivity index (χ4n) is 3.55. The molecule has 1 aromatic heterocycles. The van der Waals surface area contributed by atoms with E-state index in [9.17, 15) is 14.9 Å². The van der Waals surface area contributed by atoms with E-state index in [0.29, 0.717) is 27.0 Å². The summed E-state index contributed by atoms with van der Waals surface area (Å²) in [5.74, 6) is 0.554. The smallest absolute Gasteiger partial charge is 0.271 e. The maximum absolute atomic E-state index is 12.7. The number of fused-ring (bicyclic) bond motifs is 1. The molecule has 0 radical (unpaired) electrons. The molecule has 1 atom stereocenters. The summed E-state index contributed by atoms with van der Waals surface area (Å²) in [7, 11) is 1.57. The van der Waals surface area contributed by atoms with E-state index < -0.39 is 4.92 Å². The summed E-state index contributed by atoms with van der Waals surface area (Å²) in [4.78, 5) is 28.1. The molecule has 0 saturated heterocycles. The molecular weight excluding hydrogens is 476 g/mol. The number of aromatic nitrogens is 2. The lowest BCUT2D eigenvalue weighted by molar-refractivity contribution is -0.384. The minimum Gasteiger partial charge on any atom is -0.495 e. The zero-order valence-corrected chi connectivity index (χ0v) is 20.0. The summed E-state index contributed by atoms with van der Waals surface area (Å²) in [5, 5.41) is 15.4. The molecule has 174 valence electrons. The van der Waals surface area contributed by atoms with E-state index in [-0.39, 0.29) is 23.4 Å². The third-order valence-electron chi connectivity index (χ3n) is 5.22. The number of amides is 1. The second-order valence-electron chi connectivity index (χ2n) is 7.46. The van der Waals surface area contributed by atoms with Crippen LogP contribution < -0.4 is 10.1 Å². The van der Waals surface area contributed by atoms with E-state index in [4.69, 9.17) is 16.3 Å². The van der Waals surface area contributed by atoms with E-state index in [0.717, 1.165) is 11.3 Å². The first kappa shape index (κ1) is 23.6. The van der Waals surface area contributed by atoms with E-state index in [2.05, 4.69) is 10.3 Å². The molecule has 34 heavy (non-hydrogen) atoms. The number of methoxy groups -OCH3 is 1. The van der Waals surface area contributed by atoms with Crippen molar-refractivity contribution in [3.8, 4) is 11.4 Å². The molecular formula is C24H21ClN4O4S. The molecule has 4 rings (SSSR count). The highest BCUT2D eigenvalue weighted by molar-refractivity contribution is 7.99. The fraction of sp³-hybridized carbons (Fsp3) is 0.167. The SMILES string of the molecule is COc1ccccc1-n1c(SCC(=O)N[C@@H](C)c2ccc(Cl)cc2)nc2cc([N+](=O)[O-])ccc21. The standard InChI is InChI=1S/C24H21ClN4O4S/c1-15(16-7-9-17(25)10-8-16)26-23(30)14-34-24-27-19-13-18(29(31)32)11-12-20(19)28(24)21-5-3-4-6-22(21)33-2/h3-13,15H,14H2,1-2H3,(H,26,30)/t15-/m0/s1. The number of para-hydroxylation sites is 2. The van der Waals surface area contributed by atoms with Gasteiger partial charge in [-0.2, -0.15) is 0 Å². The van der Waals surface area contributed by atoms with Gasteiger partial charge in [0.05, 0.1) is 40.5 Å². The zero-order valence-electron chi connectivity index (χ0n) is 18.4. The van der Waals surface area contributed by atoms with Crippen molar-refractivity contribution in [3.05, 3.63) is 87.4 Å². The Morgan fingerprint density at radius 3 is 2.65 bits per heavy atom. The summed E-state index contributed by atoms with van der Waals surface area (Å²) in [6, 6.07) is 19.0. The van der Waals surface area contributed by atoms with Gasteiger partial charge in [-0.1, -0.05) is 47.6 Å². The van der Waals surface area contributed by atoms with Gasteiger partial charge in [0.2, 0.25) is 5.91 Å². The number of ether oxygens (including phenoxy) is 1. The Balaban J connectivity index is 1.62. The maximum atomic E-state index is 12.7. The highest BCUT2D eigenvalue weighted by Crippen LogP contribution is 2.33. The van der Waals surface area contributed by atoms with Crippen LogP contribution >= 0.6 is 23.4 Å². The number of imidazole rings is 1. The molecule has 0 unspecified atom stereocenters. The van der Waals surface area contributed by atoms with Crippen molar-refractivity contribution >= 4 is 46.0 Å². The summed E-state index contributed by atoms with van der Waals surface area (Å²) < 4.78 is 7.36. The van der Waals surface area contributed by atoms with E-state index in [1.54, 1.807) is 25.3 Å². The van der Waals surface area contributed by atoms with Gasteiger partial charge in [-0.3, -0.25) is 19.5 Å². The molecule has 1 heterocycles. The number of hydrogen-bond acceptors (Lipinski definition) is 6. The molecule has 0 spiro atoms. The Morgan fingerprint density at radius 1 is 1.21 bits per heavy atom. The van der Waals surface area contributed by atoms with Gasteiger partial charge in [0, 0.05) is 17.2 Å². The molecule has 0 bridgehead atoms. The van der Waals surface area contributed by atoms with Crippen molar-refractivity contribution in [2.75, 3.05) is 12.9 Å². The topological polar surface area (TPSA) is 99.3 Å². The Kier molecular flexibility index (Phi) is 7.04. The largest absolute Gasteiger partial charge is 0.495 e. The van der Waals surface area contributed by atoms with E-state index >= 15 is 0 Å². The number of halogens is 1. The molecule has 0 aliphatic rings. The summed E-state index contributed by atoms with van der Waals surface area (Å²) in [5.41, 5.74) is 2.74. The lowest BCUT2D eigenvalue weighted by atomic mass is 10.1. The number of nitrogens with zero attached hydrogens (tertiary/aromatic N) is 3. The van der Waals surface area contributed by atoms with Gasteiger partial charge in [-0.15, -0.1) is 0 Å². The number of benzene rings is 3. The van der Waals surface area contributed by atoms with Crippen LogP contribution in [0.1, 0.15) is 18.5 Å². The van der Waals surface area contributed by atoms with Gasteiger partial charge in [-0.05, 0) is 42.8 Å². The van der Waals surface area contributed by atoms with Gasteiger partial charge in [0.25, 0.3) is 5.69 Å². The second-order valence-corrected chi connectivity index (χ2v) is 8.84. The first-order valence-corrected chi connectivity index (χ1v) is 11.7. The number of thioether (sulfide) groups is 1. The molecule has 4 aromatic rings. The Bertz CT molecular complexity index is 1360. The predicted octanol–water partition coefficient (Wildman–Crippen LogP) is 5.57. The number of rotatable bonds is 8. The van der Waals surface area contributed by atoms with Crippen LogP contribution in [0.3, 0.4) is 0 Å². The van der Waals surface area contributed by atoms with Crippen molar-refractivity contribution in [3.63, 3.8) is 0 Å². The average molecular weight is 497 g/mol. The molecule has 0 aliphatic heterocycles. The predicted molar refractivity (Wildman–Crippen MR) is 133 cm³/mol. The number of hydrogen-bond donors (Lipinski definition) is 1. The first-order valence-electron chi connectivity index (χ1n) is 10.4. The number of carbonyl (C=O) groups is 1. The van der Waals surface area contributed by atoms with Gasteiger partial charge in [0.15, 0.2) is 5.16 Å². The molecule has 0 fully saturated rings. The third kappa shape index (κ3) is 5.00. The van der Waals surface area contributed by atoms with Crippen molar-refractivity contribution in [2.45, 2.75) is 18.1 Å². The van der Waals surface area contributed by atoms with Crippen LogP contribution in [0.15, 0.2) is 71.9 Å². The van der Waals surface area contributed by atoms with Crippen molar-refractivity contribution in [1.29, 1.82) is 0 Å². The number of non-ortho nitro benzene ring substituents is 1. The lowest BCUT2D eigenvalue weighted by Gasteiger charge is -2.15. The van der Waals surface area contributed by atoms with Gasteiger partial charge in [0.1, 0.15) is 5.75 Å². The molecule has 3 aromatic carbocycles. The quantitative estimate of drug-likeness (QED) is 0.194. The minimum atomic E-state index is -0.458. The Morgan fingerprint density at radius 2 is 1.94 bits per heavy atom. The molecule has 0 aliphatic carbocycles. The third-order valence-corrected chi connectivity index (χ3v) is 6.41. The van der Waals surface area contributed by atoms with Crippen LogP contribution in [0, 0.1) is 10.1 Å². The molecule has 8 nitrogen and oxygen atoms in total. The number of carbonyl (C=O) groups excluding carboxylic acids is 1. The monoisotopic (exact) mass is 496 g/mol. The van der Waals surface area contributed by atoms with Gasteiger partial charge < -0.3 is 10.1 Å². The number of nitro benzene ring substituents is 1. The minimum absolute atomic E-state index is 0.0525. The van der Waals surface area contributed by atoms with Crippen molar-refractivity contribution in [1.82, 2.24) is 14.9 Å². The van der Waals surface area contributed by atoms with Crippen LogP contribution in [0.2, 0.25) is 5.02 Å². The highest BCUT2D eigenvalue weighted by atomic mass is 35.5. The normalized spacial score (nSPS) is 11.9. The van der Waals surface area contributed by atoms with Crippen molar-refractivity contribution < 1.29 is 14.5 Å². The van der Waals surface area contributed by atoms with Crippen LogP contribution in [-0.4, -0.2) is 33.2 Å². The number of nitro groups is 1. The molecule has 0 saturated carbocycles. The Hall–Kier alpha value is -3.56. The molecule has 1 amide bonds. The summed E-state index contributed by atoms with van der Waals surface area (Å²) in [6.07, 6.45) is 0. The molecule has 1 N–H and O–H groups in total. The number of nitrogens with one attached hydrogen (secondary N) is 1. The van der Waals surface area contributed by atoms with Crippen LogP contribution in [0.4, 0.5) is 5.69 Å². The van der Waals surface area contributed by atoms with Crippen LogP contribution in [0.25, 0.3) is 16.7 Å². The summed E-state index contributed by atoms with van der Waals surface area (Å²) >= 11 is 7.18. The average Bonchev–Trinajstić information content (AvgIpc) is 3.20. The molecule has 10 heteroatoms. The van der Waals surface area contributed by atoms with Crippen molar-refractivity contribution in [2.24, 2.45) is 0 Å². The lowest BCUT2D eigenvalue weighted by Crippen LogP contribution is -2.28. The van der Waals surface area contributed by atoms with Crippen LogP contribution in [0.5, 0.6) is 5.75 Å². The summed E-state index contributed by atoms with van der Waals surface area (Å²) in [6.45, 7) is 1.90.